The zero-order valence-corrected chi connectivity index (χ0v) is 28.6. The van der Waals surface area contributed by atoms with Gasteiger partial charge in [-0.15, -0.1) is 0 Å². The van der Waals surface area contributed by atoms with Crippen LogP contribution in [-0.2, 0) is 6.42 Å². The molecule has 4 nitrogen and oxygen atoms in total. The number of hydrogen-bond donors (Lipinski definition) is 1. The predicted molar refractivity (Wildman–Crippen MR) is 189 cm³/mol. The number of hydrogen-bond acceptors (Lipinski definition) is 4. The third kappa shape index (κ3) is 9.29. The maximum Gasteiger partial charge on any atom is 0.227 e. The smallest absolute Gasteiger partial charge is 0.227 e. The minimum Gasteiger partial charge on any atom is -0.369 e. The molecule has 1 saturated carbocycles. The predicted octanol–water partition coefficient (Wildman–Crippen LogP) is 11.9. The molecule has 0 amide bonds. The number of aromatic nitrogens is 2. The third-order valence-corrected chi connectivity index (χ3v) is 10.4. The van der Waals surface area contributed by atoms with Gasteiger partial charge in [0.1, 0.15) is 11.5 Å². The topological polar surface area (TPSA) is 41.1 Å². The third-order valence-electron chi connectivity index (χ3n) is 10.4. The van der Waals surface area contributed by atoms with Crippen molar-refractivity contribution in [2.24, 2.45) is 5.92 Å². The Labute approximate surface area is 276 Å². The van der Waals surface area contributed by atoms with E-state index < -0.39 is 5.82 Å². The highest BCUT2D eigenvalue weighted by molar-refractivity contribution is 5.71. The quantitative estimate of drug-likeness (QED) is 0.160. The van der Waals surface area contributed by atoms with E-state index in [1.54, 1.807) is 0 Å². The van der Waals surface area contributed by atoms with Crippen molar-refractivity contribution in [3.8, 4) is 11.3 Å². The maximum absolute atomic E-state index is 15.2. The standard InChI is InChI=1S/C40H56F2N4/c1-4-5-6-7-8-9-10-11-12-13-15-30-17-19-31(20-18-30)32-21-23-34(24-22-32)44-40-43-28-37(42)39(45-40)33-26-36(41)35-16-14-25-46(29(2)3)38(35)27-33/h21-24,26-31H,4-20,25H2,1-3H3,(H,43,44,45). The first-order chi connectivity index (χ1) is 22.4. The second-order valence-electron chi connectivity index (χ2n) is 14.2. The van der Waals surface area contributed by atoms with Crippen LogP contribution in [0.3, 0.4) is 0 Å². The summed E-state index contributed by atoms with van der Waals surface area (Å²) in [7, 11) is 0. The van der Waals surface area contributed by atoms with Crippen molar-refractivity contribution in [1.82, 2.24) is 9.97 Å². The first-order valence-electron chi connectivity index (χ1n) is 18.4. The molecule has 1 aliphatic carbocycles. The normalized spacial score (nSPS) is 18.2. The molecule has 0 atom stereocenters. The minimum atomic E-state index is -0.559. The molecule has 2 aliphatic rings. The molecule has 0 unspecified atom stereocenters. The van der Waals surface area contributed by atoms with Crippen LogP contribution in [0, 0.1) is 17.6 Å². The molecule has 0 saturated heterocycles. The fourth-order valence-electron chi connectivity index (χ4n) is 7.65. The Balaban J connectivity index is 1.10. The average molecular weight is 631 g/mol. The van der Waals surface area contributed by atoms with Crippen LogP contribution < -0.4 is 10.2 Å². The van der Waals surface area contributed by atoms with Crippen LogP contribution in [0.25, 0.3) is 11.3 Å². The summed E-state index contributed by atoms with van der Waals surface area (Å²) in [6.45, 7) is 7.35. The second kappa shape index (κ2) is 17.2. The highest BCUT2D eigenvalue weighted by Crippen LogP contribution is 2.39. The van der Waals surface area contributed by atoms with Crippen molar-refractivity contribution in [2.45, 2.75) is 142 Å². The van der Waals surface area contributed by atoms with Crippen molar-refractivity contribution < 1.29 is 8.78 Å². The molecule has 1 aromatic heterocycles. The van der Waals surface area contributed by atoms with Crippen LogP contribution in [-0.4, -0.2) is 22.6 Å². The van der Waals surface area contributed by atoms with E-state index >= 15 is 4.39 Å². The molecular weight excluding hydrogens is 574 g/mol. The van der Waals surface area contributed by atoms with Gasteiger partial charge in [-0.3, -0.25) is 0 Å². The molecule has 5 rings (SSSR count). The monoisotopic (exact) mass is 630 g/mol. The first kappa shape index (κ1) is 34.3. The van der Waals surface area contributed by atoms with Gasteiger partial charge >= 0.3 is 0 Å². The Morgan fingerprint density at radius 2 is 1.52 bits per heavy atom. The number of unbranched alkanes of at least 4 members (excludes halogenated alkanes) is 9. The first-order valence-corrected chi connectivity index (χ1v) is 18.4. The molecule has 0 bridgehead atoms. The molecule has 3 aromatic rings. The van der Waals surface area contributed by atoms with Gasteiger partial charge in [-0.2, -0.15) is 0 Å². The van der Waals surface area contributed by atoms with Crippen LogP contribution in [0.4, 0.5) is 26.1 Å². The van der Waals surface area contributed by atoms with Crippen molar-refractivity contribution in [1.29, 1.82) is 0 Å². The van der Waals surface area contributed by atoms with Crippen molar-refractivity contribution >= 4 is 17.3 Å². The van der Waals surface area contributed by atoms with Crippen LogP contribution in [0.5, 0.6) is 0 Å². The van der Waals surface area contributed by atoms with Crippen molar-refractivity contribution in [3.05, 3.63) is 65.4 Å². The van der Waals surface area contributed by atoms with E-state index in [0.29, 0.717) is 29.4 Å². The van der Waals surface area contributed by atoms with Gasteiger partial charge in [0, 0.05) is 35.1 Å². The molecule has 46 heavy (non-hydrogen) atoms. The van der Waals surface area contributed by atoms with E-state index in [1.165, 1.54) is 114 Å². The summed E-state index contributed by atoms with van der Waals surface area (Å²) >= 11 is 0. The number of nitrogens with zero attached hydrogens (tertiary/aromatic N) is 3. The second-order valence-corrected chi connectivity index (χ2v) is 14.2. The van der Waals surface area contributed by atoms with Gasteiger partial charge in [0.2, 0.25) is 5.95 Å². The van der Waals surface area contributed by atoms with Crippen LogP contribution in [0.2, 0.25) is 0 Å². The SMILES string of the molecule is CCCCCCCCCCCCC1CCC(c2ccc(Nc3ncc(F)c(-c4cc(F)c5c(c4)N(C(C)C)CCC5)n3)cc2)CC1. The number of rotatable bonds is 16. The van der Waals surface area contributed by atoms with Gasteiger partial charge in [0.15, 0.2) is 5.82 Å². The number of anilines is 3. The maximum atomic E-state index is 15.2. The van der Waals surface area contributed by atoms with E-state index in [2.05, 4.69) is 65.2 Å². The van der Waals surface area contributed by atoms with E-state index in [9.17, 15) is 4.39 Å². The van der Waals surface area contributed by atoms with Crippen molar-refractivity contribution in [3.63, 3.8) is 0 Å². The largest absolute Gasteiger partial charge is 0.369 e. The number of halogens is 2. The molecule has 2 heterocycles. The minimum absolute atomic E-state index is 0.111. The zero-order valence-electron chi connectivity index (χ0n) is 28.6. The lowest BCUT2D eigenvalue weighted by Gasteiger charge is -2.35. The molecule has 250 valence electrons. The molecule has 0 radical (unpaired) electrons. The number of nitrogens with one attached hydrogen (secondary N) is 1. The summed E-state index contributed by atoms with van der Waals surface area (Å²) in [4.78, 5) is 10.9. The van der Waals surface area contributed by atoms with E-state index in [0.717, 1.165) is 30.3 Å². The summed E-state index contributed by atoms with van der Waals surface area (Å²) in [5.74, 6) is 0.962. The number of benzene rings is 2. The van der Waals surface area contributed by atoms with E-state index in [-0.39, 0.29) is 17.6 Å². The van der Waals surface area contributed by atoms with Gasteiger partial charge in [-0.25, -0.2) is 18.7 Å². The van der Waals surface area contributed by atoms with Crippen LogP contribution in [0.15, 0.2) is 42.6 Å². The lowest BCUT2D eigenvalue weighted by Crippen LogP contribution is -2.35. The lowest BCUT2D eigenvalue weighted by atomic mass is 9.77. The fraction of sp³-hybridized carbons (Fsp3) is 0.600. The lowest BCUT2D eigenvalue weighted by molar-refractivity contribution is 0.302. The summed E-state index contributed by atoms with van der Waals surface area (Å²) in [6.07, 6.45) is 23.5. The van der Waals surface area contributed by atoms with Gasteiger partial charge in [-0.1, -0.05) is 89.7 Å². The summed E-state index contributed by atoms with van der Waals surface area (Å²) in [5.41, 5.74) is 4.35. The molecule has 0 spiro atoms. The molecular formula is C40H56F2N4. The van der Waals surface area contributed by atoms with Gasteiger partial charge < -0.3 is 10.2 Å². The molecule has 1 fully saturated rings. The van der Waals surface area contributed by atoms with Crippen LogP contribution in [0.1, 0.15) is 141 Å². The Morgan fingerprint density at radius 1 is 0.848 bits per heavy atom. The molecule has 1 aliphatic heterocycles. The summed E-state index contributed by atoms with van der Waals surface area (Å²) in [5, 5.41) is 3.24. The van der Waals surface area contributed by atoms with E-state index in [4.69, 9.17) is 0 Å². The Hall–Kier alpha value is -3.02. The molecule has 1 N–H and O–H groups in total. The van der Waals surface area contributed by atoms with E-state index in [1.807, 2.05) is 6.07 Å². The Kier molecular flexibility index (Phi) is 12.8. The summed E-state index contributed by atoms with van der Waals surface area (Å²) < 4.78 is 30.2. The highest BCUT2D eigenvalue weighted by atomic mass is 19.1. The Morgan fingerprint density at radius 3 is 2.20 bits per heavy atom. The van der Waals surface area contributed by atoms with Gasteiger partial charge in [0.05, 0.1) is 6.20 Å². The number of fused-ring (bicyclic) bond motifs is 1. The van der Waals surface area contributed by atoms with Gasteiger partial charge in [0.25, 0.3) is 0 Å². The Bertz CT molecular complexity index is 1360. The molecule has 6 heteroatoms. The average Bonchev–Trinajstić information content (AvgIpc) is 3.07. The molecule has 2 aromatic carbocycles. The van der Waals surface area contributed by atoms with Gasteiger partial charge in [-0.05, 0) is 94.0 Å². The van der Waals surface area contributed by atoms with Crippen LogP contribution >= 0.6 is 0 Å². The van der Waals surface area contributed by atoms with Crippen molar-refractivity contribution in [2.75, 3.05) is 16.8 Å². The zero-order chi connectivity index (χ0) is 32.3. The fourth-order valence-corrected chi connectivity index (χ4v) is 7.65. The highest BCUT2D eigenvalue weighted by Gasteiger charge is 2.25. The summed E-state index contributed by atoms with van der Waals surface area (Å²) in [6, 6.07) is 12.1.